The highest BCUT2D eigenvalue weighted by atomic mass is 16.6. The highest BCUT2D eigenvalue weighted by molar-refractivity contribution is 5.94. The molecule has 23 heavy (non-hydrogen) atoms. The van der Waals surface area contributed by atoms with Crippen LogP contribution in [0.1, 0.15) is 39.4 Å². The van der Waals surface area contributed by atoms with Crippen LogP contribution in [0.4, 0.5) is 10.5 Å². The third kappa shape index (κ3) is 7.12. The number of carbonyl (C=O) groups is 2. The Balaban J connectivity index is 2.52. The Hall–Kier alpha value is -2.12. The van der Waals surface area contributed by atoms with Crippen LogP contribution in [0.5, 0.6) is 0 Å². The monoisotopic (exact) mass is 323 g/mol. The quantitative estimate of drug-likeness (QED) is 0.656. The molecule has 1 aromatic carbocycles. The largest absolute Gasteiger partial charge is 0.444 e. The van der Waals surface area contributed by atoms with Crippen LogP contribution in [0, 0.1) is 0 Å². The predicted molar refractivity (Wildman–Crippen MR) is 87.9 cm³/mol. The summed E-state index contributed by atoms with van der Waals surface area (Å²) in [7, 11) is 0. The number of rotatable bonds is 5. The number of anilines is 1. The lowest BCUT2D eigenvalue weighted by atomic mass is 10.1. The fourth-order valence-electron chi connectivity index (χ4n) is 1.66. The second-order valence-corrected chi connectivity index (χ2v) is 6.30. The Bertz CT molecular complexity index is 535. The lowest BCUT2D eigenvalue weighted by Gasteiger charge is -2.20. The SMILES string of the molecule is C[C@H](N)C(=O)Nc1ccc([C@@H](O)CNC(=O)OC(C)(C)C)cc1. The van der Waals surface area contributed by atoms with E-state index in [1.165, 1.54) is 0 Å². The van der Waals surface area contributed by atoms with Crippen molar-refractivity contribution in [3.05, 3.63) is 29.8 Å². The molecule has 0 saturated carbocycles. The van der Waals surface area contributed by atoms with Gasteiger partial charge in [0.25, 0.3) is 0 Å². The van der Waals surface area contributed by atoms with Crippen LogP contribution in [0.3, 0.4) is 0 Å². The molecule has 0 heterocycles. The van der Waals surface area contributed by atoms with Crippen LogP contribution < -0.4 is 16.4 Å². The van der Waals surface area contributed by atoms with E-state index in [9.17, 15) is 14.7 Å². The molecule has 0 radical (unpaired) electrons. The van der Waals surface area contributed by atoms with E-state index < -0.39 is 23.8 Å². The number of aliphatic hydroxyl groups is 1. The number of benzene rings is 1. The molecule has 0 aliphatic rings. The third-order valence-electron chi connectivity index (χ3n) is 2.82. The smallest absolute Gasteiger partial charge is 0.407 e. The van der Waals surface area contributed by atoms with Crippen molar-refractivity contribution in [1.29, 1.82) is 0 Å². The van der Waals surface area contributed by atoms with Crippen molar-refractivity contribution in [2.75, 3.05) is 11.9 Å². The van der Waals surface area contributed by atoms with Crippen molar-refractivity contribution in [2.24, 2.45) is 5.73 Å². The lowest BCUT2D eigenvalue weighted by Crippen LogP contribution is -2.34. The Kier molecular flexibility index (Phi) is 6.53. The minimum absolute atomic E-state index is 0.0282. The molecular weight excluding hydrogens is 298 g/mol. The van der Waals surface area contributed by atoms with E-state index in [2.05, 4.69) is 10.6 Å². The number of ether oxygens (including phenoxy) is 1. The van der Waals surface area contributed by atoms with E-state index in [1.807, 2.05) is 0 Å². The van der Waals surface area contributed by atoms with Gasteiger partial charge in [-0.25, -0.2) is 4.79 Å². The van der Waals surface area contributed by atoms with E-state index in [-0.39, 0.29) is 12.5 Å². The van der Waals surface area contributed by atoms with E-state index in [1.54, 1.807) is 52.0 Å². The Morgan fingerprint density at radius 2 is 1.83 bits per heavy atom. The average molecular weight is 323 g/mol. The van der Waals surface area contributed by atoms with Crippen LogP contribution in [0.2, 0.25) is 0 Å². The Labute approximate surface area is 136 Å². The van der Waals surface area contributed by atoms with Crippen molar-refractivity contribution in [1.82, 2.24) is 5.32 Å². The first-order valence-corrected chi connectivity index (χ1v) is 7.40. The van der Waals surface area contributed by atoms with E-state index in [4.69, 9.17) is 10.5 Å². The summed E-state index contributed by atoms with van der Waals surface area (Å²) in [5, 5.41) is 15.2. The van der Waals surface area contributed by atoms with Gasteiger partial charge >= 0.3 is 6.09 Å². The zero-order valence-electron chi connectivity index (χ0n) is 13.9. The Morgan fingerprint density at radius 1 is 1.26 bits per heavy atom. The first-order valence-electron chi connectivity index (χ1n) is 7.40. The summed E-state index contributed by atoms with van der Waals surface area (Å²) >= 11 is 0. The first-order chi connectivity index (χ1) is 10.6. The van der Waals surface area contributed by atoms with Crippen molar-refractivity contribution < 1.29 is 19.4 Å². The maximum absolute atomic E-state index is 11.5. The van der Waals surface area contributed by atoms with Gasteiger partial charge in [-0.2, -0.15) is 0 Å². The molecule has 2 atom stereocenters. The molecule has 0 aliphatic carbocycles. The molecule has 7 heteroatoms. The minimum atomic E-state index is -0.874. The van der Waals surface area contributed by atoms with Crippen molar-refractivity contribution >= 4 is 17.7 Å². The maximum Gasteiger partial charge on any atom is 0.407 e. The second-order valence-electron chi connectivity index (χ2n) is 6.30. The molecule has 7 nitrogen and oxygen atoms in total. The summed E-state index contributed by atoms with van der Waals surface area (Å²) in [4.78, 5) is 23.0. The van der Waals surface area contributed by atoms with E-state index >= 15 is 0 Å². The summed E-state index contributed by atoms with van der Waals surface area (Å²) < 4.78 is 5.09. The fourth-order valence-corrected chi connectivity index (χ4v) is 1.66. The summed E-state index contributed by atoms with van der Waals surface area (Å²) in [6, 6.07) is 6.05. The van der Waals surface area contributed by atoms with Gasteiger partial charge in [0.15, 0.2) is 0 Å². The molecular formula is C16H25N3O4. The molecule has 0 saturated heterocycles. The average Bonchev–Trinajstić information content (AvgIpc) is 2.43. The van der Waals surface area contributed by atoms with E-state index in [0.717, 1.165) is 0 Å². The van der Waals surface area contributed by atoms with Gasteiger partial charge < -0.3 is 26.2 Å². The van der Waals surface area contributed by atoms with Crippen LogP contribution in [-0.2, 0) is 9.53 Å². The number of hydrogen-bond donors (Lipinski definition) is 4. The van der Waals surface area contributed by atoms with Gasteiger partial charge in [-0.3, -0.25) is 4.79 Å². The fraction of sp³-hybridized carbons (Fsp3) is 0.500. The topological polar surface area (TPSA) is 114 Å². The molecule has 128 valence electrons. The molecule has 0 aliphatic heterocycles. The van der Waals surface area contributed by atoms with E-state index in [0.29, 0.717) is 11.3 Å². The number of aliphatic hydroxyl groups excluding tert-OH is 1. The molecule has 5 N–H and O–H groups in total. The van der Waals surface area contributed by atoms with Gasteiger partial charge in [0.05, 0.1) is 18.7 Å². The first kappa shape index (κ1) is 18.9. The van der Waals surface area contributed by atoms with Crippen LogP contribution >= 0.6 is 0 Å². The number of hydrogen-bond acceptors (Lipinski definition) is 5. The van der Waals surface area contributed by atoms with Crippen molar-refractivity contribution in [3.8, 4) is 0 Å². The number of alkyl carbamates (subject to hydrolysis) is 1. The van der Waals surface area contributed by atoms with Crippen LogP contribution in [0.25, 0.3) is 0 Å². The molecule has 1 rings (SSSR count). The second kappa shape index (κ2) is 7.94. The van der Waals surface area contributed by atoms with Gasteiger partial charge in [-0.05, 0) is 45.4 Å². The van der Waals surface area contributed by atoms with Gasteiger partial charge in [0.2, 0.25) is 5.91 Å². The molecule has 0 spiro atoms. The van der Waals surface area contributed by atoms with Crippen LogP contribution in [0.15, 0.2) is 24.3 Å². The predicted octanol–water partition coefficient (Wildman–Crippen LogP) is 1.53. The van der Waals surface area contributed by atoms with Crippen LogP contribution in [-0.4, -0.2) is 35.3 Å². The standard InChI is InChI=1S/C16H25N3O4/c1-10(17)14(21)19-12-7-5-11(6-8-12)13(20)9-18-15(22)23-16(2,3)4/h5-8,10,13,20H,9,17H2,1-4H3,(H,18,22)(H,19,21)/t10-,13-/m0/s1. The summed E-state index contributed by atoms with van der Waals surface area (Å²) in [5.41, 5.74) is 6.08. The van der Waals surface area contributed by atoms with Gasteiger partial charge in [-0.15, -0.1) is 0 Å². The highest BCUT2D eigenvalue weighted by Gasteiger charge is 2.17. The summed E-state index contributed by atoms with van der Waals surface area (Å²) in [5.74, 6) is -0.287. The molecule has 0 bridgehead atoms. The third-order valence-corrected chi connectivity index (χ3v) is 2.82. The Morgan fingerprint density at radius 3 is 2.30 bits per heavy atom. The maximum atomic E-state index is 11.5. The molecule has 0 unspecified atom stereocenters. The lowest BCUT2D eigenvalue weighted by molar-refractivity contribution is -0.117. The number of nitrogens with two attached hydrogens (primary N) is 1. The molecule has 0 fully saturated rings. The number of carbonyl (C=O) groups excluding carboxylic acids is 2. The highest BCUT2D eigenvalue weighted by Crippen LogP contribution is 2.16. The normalized spacial score (nSPS) is 13.8. The number of nitrogens with one attached hydrogen (secondary N) is 2. The molecule has 0 aromatic heterocycles. The zero-order chi connectivity index (χ0) is 17.6. The van der Waals surface area contributed by atoms with Crippen molar-refractivity contribution in [2.45, 2.75) is 45.4 Å². The van der Waals surface area contributed by atoms with Crippen molar-refractivity contribution in [3.63, 3.8) is 0 Å². The summed E-state index contributed by atoms with van der Waals surface area (Å²) in [6.45, 7) is 6.91. The summed E-state index contributed by atoms with van der Waals surface area (Å²) in [6.07, 6.45) is -1.46. The zero-order valence-corrected chi connectivity index (χ0v) is 13.9. The van der Waals surface area contributed by atoms with Gasteiger partial charge in [0.1, 0.15) is 5.60 Å². The molecule has 1 aromatic rings. The van der Waals surface area contributed by atoms with Gasteiger partial charge in [0, 0.05) is 5.69 Å². The number of amides is 2. The minimum Gasteiger partial charge on any atom is -0.444 e. The molecule has 2 amide bonds. The van der Waals surface area contributed by atoms with Gasteiger partial charge in [-0.1, -0.05) is 12.1 Å².